The maximum Gasteiger partial charge on any atom is 0.329 e. The largest absolute Gasteiger partial charge is 0.467 e. The molecule has 2 N–H and O–H groups in total. The molecule has 0 radical (unpaired) electrons. The Labute approximate surface area is 127 Å². The van der Waals surface area contributed by atoms with Crippen LogP contribution in [0.25, 0.3) is 5.69 Å². The lowest BCUT2D eigenvalue weighted by atomic mass is 10.1. The average molecular weight is 303 g/mol. The van der Waals surface area contributed by atoms with Gasteiger partial charge in [0.25, 0.3) is 5.91 Å². The van der Waals surface area contributed by atoms with Gasteiger partial charge < -0.3 is 15.4 Å². The van der Waals surface area contributed by atoms with E-state index in [1.54, 1.807) is 48.4 Å². The van der Waals surface area contributed by atoms with Crippen molar-refractivity contribution in [3.8, 4) is 5.69 Å². The minimum Gasteiger partial charge on any atom is -0.467 e. The Balaban J connectivity index is 2.07. The van der Waals surface area contributed by atoms with Gasteiger partial charge in [0.15, 0.2) is 0 Å². The molecule has 0 saturated heterocycles. The van der Waals surface area contributed by atoms with Gasteiger partial charge in [0.1, 0.15) is 6.04 Å². The zero-order valence-electron chi connectivity index (χ0n) is 12.3. The van der Waals surface area contributed by atoms with Crippen LogP contribution >= 0.6 is 0 Å². The second-order valence-corrected chi connectivity index (χ2v) is 4.50. The summed E-state index contributed by atoms with van der Waals surface area (Å²) in [4.78, 5) is 23.7. The zero-order chi connectivity index (χ0) is 15.9. The SMILES string of the molecule is CNCC(NC(=O)c1ccc(-n2ccnn2)cc1)C(=O)OC. The van der Waals surface area contributed by atoms with E-state index in [4.69, 9.17) is 0 Å². The number of amides is 1. The first-order valence-corrected chi connectivity index (χ1v) is 6.65. The van der Waals surface area contributed by atoms with Crippen LogP contribution < -0.4 is 10.6 Å². The van der Waals surface area contributed by atoms with Crippen molar-refractivity contribution in [2.75, 3.05) is 20.7 Å². The van der Waals surface area contributed by atoms with Crippen LogP contribution in [0.3, 0.4) is 0 Å². The second kappa shape index (κ2) is 7.32. The fourth-order valence-corrected chi connectivity index (χ4v) is 1.89. The maximum absolute atomic E-state index is 12.2. The molecule has 116 valence electrons. The Morgan fingerprint density at radius 2 is 2.05 bits per heavy atom. The molecule has 0 saturated carbocycles. The third-order valence-corrected chi connectivity index (χ3v) is 3.02. The van der Waals surface area contributed by atoms with E-state index in [1.807, 2.05) is 0 Å². The molecule has 1 atom stereocenters. The van der Waals surface area contributed by atoms with Gasteiger partial charge in [0.2, 0.25) is 0 Å². The highest BCUT2D eigenvalue weighted by Crippen LogP contribution is 2.08. The minimum absolute atomic E-state index is 0.287. The number of esters is 1. The van der Waals surface area contributed by atoms with Gasteiger partial charge in [0, 0.05) is 12.1 Å². The van der Waals surface area contributed by atoms with Crippen molar-refractivity contribution in [1.82, 2.24) is 25.6 Å². The Morgan fingerprint density at radius 1 is 1.32 bits per heavy atom. The number of hydrogen-bond acceptors (Lipinski definition) is 6. The van der Waals surface area contributed by atoms with Crippen LogP contribution in [0.4, 0.5) is 0 Å². The summed E-state index contributed by atoms with van der Waals surface area (Å²) in [5, 5.41) is 13.0. The summed E-state index contributed by atoms with van der Waals surface area (Å²) in [6.45, 7) is 0.287. The average Bonchev–Trinajstić information content (AvgIpc) is 3.08. The lowest BCUT2D eigenvalue weighted by Gasteiger charge is -2.16. The molecule has 1 amide bonds. The van der Waals surface area contributed by atoms with Crippen LogP contribution in [0, 0.1) is 0 Å². The Morgan fingerprint density at radius 3 is 2.59 bits per heavy atom. The van der Waals surface area contributed by atoms with E-state index in [0.717, 1.165) is 5.69 Å². The van der Waals surface area contributed by atoms with E-state index in [0.29, 0.717) is 5.56 Å². The molecule has 1 aromatic carbocycles. The van der Waals surface area contributed by atoms with Gasteiger partial charge in [0.05, 0.1) is 25.2 Å². The predicted molar refractivity (Wildman–Crippen MR) is 78.6 cm³/mol. The third-order valence-electron chi connectivity index (χ3n) is 3.02. The number of carbonyl (C=O) groups is 2. The number of hydrogen-bond donors (Lipinski definition) is 2. The highest BCUT2D eigenvalue weighted by Gasteiger charge is 2.21. The van der Waals surface area contributed by atoms with Crippen molar-refractivity contribution in [2.45, 2.75) is 6.04 Å². The number of nitrogens with zero attached hydrogens (tertiary/aromatic N) is 3. The maximum atomic E-state index is 12.2. The first kappa shape index (κ1) is 15.6. The van der Waals surface area contributed by atoms with Crippen LogP contribution in [-0.2, 0) is 9.53 Å². The molecule has 8 nitrogen and oxygen atoms in total. The summed E-state index contributed by atoms with van der Waals surface area (Å²) >= 11 is 0. The molecule has 2 aromatic rings. The Bertz CT molecular complexity index is 624. The number of nitrogens with one attached hydrogen (secondary N) is 2. The second-order valence-electron chi connectivity index (χ2n) is 4.50. The smallest absolute Gasteiger partial charge is 0.329 e. The van der Waals surface area contributed by atoms with Gasteiger partial charge in [-0.05, 0) is 31.3 Å². The van der Waals surface area contributed by atoms with Crippen LogP contribution in [0.2, 0.25) is 0 Å². The molecule has 0 fully saturated rings. The molecule has 22 heavy (non-hydrogen) atoms. The monoisotopic (exact) mass is 303 g/mol. The van der Waals surface area contributed by atoms with E-state index in [2.05, 4.69) is 25.7 Å². The molecule has 0 aliphatic rings. The normalized spacial score (nSPS) is 11.7. The summed E-state index contributed by atoms with van der Waals surface area (Å²) in [5.41, 5.74) is 1.22. The first-order valence-electron chi connectivity index (χ1n) is 6.65. The molecular weight excluding hydrogens is 286 g/mol. The molecule has 0 spiro atoms. The summed E-state index contributed by atoms with van der Waals surface area (Å²) in [7, 11) is 2.97. The van der Waals surface area contributed by atoms with Crippen molar-refractivity contribution in [3.63, 3.8) is 0 Å². The van der Waals surface area contributed by atoms with Gasteiger partial charge in [-0.2, -0.15) is 0 Å². The molecule has 2 rings (SSSR count). The minimum atomic E-state index is -0.738. The van der Waals surface area contributed by atoms with E-state index in [9.17, 15) is 9.59 Å². The van der Waals surface area contributed by atoms with Crippen LogP contribution in [0.15, 0.2) is 36.7 Å². The van der Waals surface area contributed by atoms with Crippen molar-refractivity contribution >= 4 is 11.9 Å². The molecular formula is C14H17N5O3. The van der Waals surface area contributed by atoms with E-state index in [-0.39, 0.29) is 12.5 Å². The third kappa shape index (κ3) is 3.67. The first-order chi connectivity index (χ1) is 10.7. The topological polar surface area (TPSA) is 98.1 Å². The number of likely N-dealkylation sites (N-methyl/N-ethyl adjacent to an activating group) is 1. The lowest BCUT2D eigenvalue weighted by molar-refractivity contribution is -0.142. The van der Waals surface area contributed by atoms with Gasteiger partial charge >= 0.3 is 5.97 Å². The highest BCUT2D eigenvalue weighted by atomic mass is 16.5. The Hall–Kier alpha value is -2.74. The molecule has 0 aliphatic carbocycles. The molecule has 1 aromatic heterocycles. The standard InChI is InChI=1S/C14H17N5O3/c1-15-9-12(14(21)22-2)17-13(20)10-3-5-11(6-4-10)19-8-7-16-18-19/h3-8,12,15H,9H2,1-2H3,(H,17,20). The fourth-order valence-electron chi connectivity index (χ4n) is 1.89. The van der Waals surface area contributed by atoms with Gasteiger partial charge in [-0.15, -0.1) is 5.10 Å². The summed E-state index contributed by atoms with van der Waals surface area (Å²) in [5.74, 6) is -0.849. The number of ether oxygens (including phenoxy) is 1. The summed E-state index contributed by atoms with van der Waals surface area (Å²) in [6, 6.07) is 6.06. The number of benzene rings is 1. The van der Waals surface area contributed by atoms with E-state index >= 15 is 0 Å². The van der Waals surface area contributed by atoms with Crippen LogP contribution in [0.5, 0.6) is 0 Å². The molecule has 0 bridgehead atoms. The van der Waals surface area contributed by atoms with Crippen LogP contribution in [0.1, 0.15) is 10.4 Å². The van der Waals surface area contributed by atoms with Crippen molar-refractivity contribution < 1.29 is 14.3 Å². The fraction of sp³-hybridized carbons (Fsp3) is 0.286. The van der Waals surface area contributed by atoms with Gasteiger partial charge in [-0.25, -0.2) is 9.48 Å². The Kier molecular flexibility index (Phi) is 5.21. The van der Waals surface area contributed by atoms with Crippen LogP contribution in [-0.4, -0.2) is 53.6 Å². The lowest BCUT2D eigenvalue weighted by Crippen LogP contribution is -2.47. The highest BCUT2D eigenvalue weighted by molar-refractivity contribution is 5.97. The molecule has 0 aliphatic heterocycles. The molecule has 8 heteroatoms. The van der Waals surface area contributed by atoms with Gasteiger partial charge in [-0.1, -0.05) is 5.21 Å². The number of methoxy groups -OCH3 is 1. The van der Waals surface area contributed by atoms with E-state index < -0.39 is 12.0 Å². The summed E-state index contributed by atoms with van der Waals surface area (Å²) in [6.07, 6.45) is 3.27. The number of aromatic nitrogens is 3. The molecule has 1 unspecified atom stereocenters. The predicted octanol–water partition coefficient (Wildman–Crippen LogP) is -0.242. The van der Waals surface area contributed by atoms with Crippen molar-refractivity contribution in [2.24, 2.45) is 0 Å². The van der Waals surface area contributed by atoms with E-state index in [1.165, 1.54) is 7.11 Å². The quantitative estimate of drug-likeness (QED) is 0.715. The molecule has 1 heterocycles. The number of rotatable bonds is 6. The summed E-state index contributed by atoms with van der Waals surface area (Å²) < 4.78 is 6.24. The number of carbonyl (C=O) groups excluding carboxylic acids is 2. The van der Waals surface area contributed by atoms with Crippen molar-refractivity contribution in [1.29, 1.82) is 0 Å². The van der Waals surface area contributed by atoms with Gasteiger partial charge in [-0.3, -0.25) is 4.79 Å². The van der Waals surface area contributed by atoms with Crippen molar-refractivity contribution in [3.05, 3.63) is 42.2 Å². The zero-order valence-corrected chi connectivity index (χ0v) is 12.3.